The van der Waals surface area contributed by atoms with Gasteiger partial charge < -0.3 is 19.9 Å². The number of carboxylic acid groups (broad SMARTS) is 1. The molecule has 110 valence electrons. The third kappa shape index (κ3) is 4.85. The molecule has 0 spiro atoms. The number of hydrogen-bond donors (Lipinski definition) is 2. The number of carboxylic acids is 1. The molecule has 7 heteroatoms. The summed E-state index contributed by atoms with van der Waals surface area (Å²) in [6.45, 7) is 3.63. The number of aliphatic carboxylic acids is 1. The zero-order valence-electron chi connectivity index (χ0n) is 11.6. The van der Waals surface area contributed by atoms with E-state index >= 15 is 0 Å². The van der Waals surface area contributed by atoms with Crippen molar-refractivity contribution in [1.82, 2.24) is 10.3 Å². The van der Waals surface area contributed by atoms with Gasteiger partial charge in [-0.1, -0.05) is 0 Å². The Balaban J connectivity index is 2.57. The van der Waals surface area contributed by atoms with Crippen molar-refractivity contribution in [3.8, 4) is 5.88 Å². The van der Waals surface area contributed by atoms with Gasteiger partial charge in [-0.3, -0.25) is 4.79 Å². The van der Waals surface area contributed by atoms with Crippen molar-refractivity contribution in [3.05, 3.63) is 23.9 Å². The molecule has 1 amide bonds. The number of amides is 1. The van der Waals surface area contributed by atoms with Crippen LogP contribution in [0.25, 0.3) is 0 Å². The van der Waals surface area contributed by atoms with Crippen LogP contribution in [0.2, 0.25) is 0 Å². The Morgan fingerprint density at radius 3 is 2.55 bits per heavy atom. The van der Waals surface area contributed by atoms with E-state index < -0.39 is 18.0 Å². The maximum atomic E-state index is 11.8. The Kier molecular flexibility index (Phi) is 5.92. The summed E-state index contributed by atoms with van der Waals surface area (Å²) in [5.74, 6) is -1.12. The molecule has 1 aromatic rings. The molecular weight excluding hydrogens is 264 g/mol. The van der Waals surface area contributed by atoms with E-state index in [2.05, 4.69) is 10.3 Å². The Morgan fingerprint density at radius 2 is 2.10 bits per heavy atom. The van der Waals surface area contributed by atoms with Gasteiger partial charge in [-0.05, 0) is 19.9 Å². The number of pyridine rings is 1. The van der Waals surface area contributed by atoms with Crippen LogP contribution in [0.3, 0.4) is 0 Å². The summed E-state index contributed by atoms with van der Waals surface area (Å²) in [6, 6.07) is 3.14. The van der Waals surface area contributed by atoms with Crippen LogP contribution >= 0.6 is 0 Å². The monoisotopic (exact) mass is 282 g/mol. The van der Waals surface area contributed by atoms with Crippen LogP contribution in [0.5, 0.6) is 5.88 Å². The number of nitrogens with zero attached hydrogens (tertiary/aromatic N) is 1. The predicted molar refractivity (Wildman–Crippen MR) is 70.8 cm³/mol. The van der Waals surface area contributed by atoms with Crippen LogP contribution in [0.4, 0.5) is 0 Å². The first-order valence-corrected chi connectivity index (χ1v) is 6.10. The van der Waals surface area contributed by atoms with Crippen molar-refractivity contribution < 1.29 is 24.2 Å². The molecule has 0 fully saturated rings. The molecule has 1 rings (SSSR count). The summed E-state index contributed by atoms with van der Waals surface area (Å²) >= 11 is 0. The third-order valence-corrected chi connectivity index (χ3v) is 2.36. The summed E-state index contributed by atoms with van der Waals surface area (Å²) in [4.78, 5) is 26.5. The molecular formula is C13H18N2O5. The Bertz CT molecular complexity index is 458. The average molecular weight is 282 g/mol. The van der Waals surface area contributed by atoms with Crippen molar-refractivity contribution in [1.29, 1.82) is 0 Å². The lowest BCUT2D eigenvalue weighted by Gasteiger charge is -2.12. The first-order chi connectivity index (χ1) is 9.43. The molecule has 7 nitrogen and oxygen atoms in total. The fourth-order valence-electron chi connectivity index (χ4n) is 1.38. The lowest BCUT2D eigenvalue weighted by Crippen LogP contribution is -2.37. The van der Waals surface area contributed by atoms with Gasteiger partial charge >= 0.3 is 5.97 Å². The zero-order chi connectivity index (χ0) is 15.1. The second-order valence-electron chi connectivity index (χ2n) is 4.32. The standard InChI is InChI=1S/C13H18N2O5/c1-8(2)20-11-5-4-9(6-14-11)12(16)15-7-10(19-3)13(17)18/h4-6,8,10H,7H2,1-3H3,(H,15,16)(H,17,18). The molecule has 0 saturated carbocycles. The maximum absolute atomic E-state index is 11.8. The number of ether oxygens (including phenoxy) is 2. The molecule has 0 aliphatic carbocycles. The number of hydrogen-bond acceptors (Lipinski definition) is 5. The molecule has 2 N–H and O–H groups in total. The molecule has 1 unspecified atom stereocenters. The molecule has 0 aromatic carbocycles. The number of nitrogens with one attached hydrogen (secondary N) is 1. The predicted octanol–water partition coefficient (Wildman–Crippen LogP) is 0.698. The minimum Gasteiger partial charge on any atom is -0.479 e. The van der Waals surface area contributed by atoms with Gasteiger partial charge in [0.05, 0.1) is 18.2 Å². The fourth-order valence-corrected chi connectivity index (χ4v) is 1.38. The molecule has 1 atom stereocenters. The Morgan fingerprint density at radius 1 is 1.40 bits per heavy atom. The highest BCUT2D eigenvalue weighted by atomic mass is 16.5. The second kappa shape index (κ2) is 7.44. The number of aromatic nitrogens is 1. The van der Waals surface area contributed by atoms with Gasteiger partial charge in [-0.15, -0.1) is 0 Å². The molecule has 0 radical (unpaired) electrons. The minimum atomic E-state index is -1.13. The number of rotatable bonds is 7. The lowest BCUT2D eigenvalue weighted by molar-refractivity contribution is -0.148. The smallest absolute Gasteiger partial charge is 0.334 e. The Labute approximate surface area is 116 Å². The van der Waals surface area contributed by atoms with Gasteiger partial charge in [0, 0.05) is 19.4 Å². The van der Waals surface area contributed by atoms with Gasteiger partial charge in [-0.25, -0.2) is 9.78 Å². The van der Waals surface area contributed by atoms with Crippen molar-refractivity contribution in [3.63, 3.8) is 0 Å². The molecule has 0 aliphatic rings. The van der Waals surface area contributed by atoms with E-state index in [1.165, 1.54) is 13.3 Å². The van der Waals surface area contributed by atoms with E-state index in [0.717, 1.165) is 0 Å². The summed E-state index contributed by atoms with van der Waals surface area (Å²) in [6.07, 6.45) is 0.297. The molecule has 0 saturated heterocycles. The van der Waals surface area contributed by atoms with E-state index in [1.807, 2.05) is 13.8 Å². The summed E-state index contributed by atoms with van der Waals surface area (Å²) in [5.41, 5.74) is 0.321. The van der Waals surface area contributed by atoms with E-state index in [9.17, 15) is 9.59 Å². The highest BCUT2D eigenvalue weighted by Gasteiger charge is 2.17. The topological polar surface area (TPSA) is 97.8 Å². The van der Waals surface area contributed by atoms with E-state index in [-0.39, 0.29) is 12.6 Å². The first kappa shape index (κ1) is 15.9. The number of carbonyl (C=O) groups is 2. The molecule has 1 aromatic heterocycles. The highest BCUT2D eigenvalue weighted by Crippen LogP contribution is 2.09. The third-order valence-electron chi connectivity index (χ3n) is 2.36. The SMILES string of the molecule is COC(CNC(=O)c1ccc(OC(C)C)nc1)C(=O)O. The van der Waals surface area contributed by atoms with Crippen LogP contribution in [0, 0.1) is 0 Å². The van der Waals surface area contributed by atoms with Crippen molar-refractivity contribution in [2.75, 3.05) is 13.7 Å². The largest absolute Gasteiger partial charge is 0.479 e. The van der Waals surface area contributed by atoms with Crippen LogP contribution in [-0.2, 0) is 9.53 Å². The van der Waals surface area contributed by atoms with E-state index in [4.69, 9.17) is 14.6 Å². The van der Waals surface area contributed by atoms with Crippen molar-refractivity contribution >= 4 is 11.9 Å². The van der Waals surface area contributed by atoms with Crippen LogP contribution in [0.1, 0.15) is 24.2 Å². The average Bonchev–Trinajstić information content (AvgIpc) is 2.39. The van der Waals surface area contributed by atoms with Gasteiger partial charge in [0.2, 0.25) is 5.88 Å². The van der Waals surface area contributed by atoms with Crippen LogP contribution in [0.15, 0.2) is 18.3 Å². The normalized spacial score (nSPS) is 12.0. The first-order valence-electron chi connectivity index (χ1n) is 6.10. The van der Waals surface area contributed by atoms with Gasteiger partial charge in [-0.2, -0.15) is 0 Å². The van der Waals surface area contributed by atoms with Gasteiger partial charge in [0.1, 0.15) is 0 Å². The van der Waals surface area contributed by atoms with E-state index in [1.54, 1.807) is 12.1 Å². The van der Waals surface area contributed by atoms with Crippen molar-refractivity contribution in [2.45, 2.75) is 26.1 Å². The highest BCUT2D eigenvalue weighted by molar-refractivity contribution is 5.94. The maximum Gasteiger partial charge on any atom is 0.334 e. The van der Waals surface area contributed by atoms with Crippen molar-refractivity contribution in [2.24, 2.45) is 0 Å². The van der Waals surface area contributed by atoms with Crippen LogP contribution < -0.4 is 10.1 Å². The summed E-state index contributed by atoms with van der Waals surface area (Å²) in [5, 5.41) is 11.2. The molecule has 0 aliphatic heterocycles. The second-order valence-corrected chi connectivity index (χ2v) is 4.32. The van der Waals surface area contributed by atoms with Crippen LogP contribution in [-0.4, -0.2) is 47.8 Å². The molecule has 0 bridgehead atoms. The number of methoxy groups -OCH3 is 1. The minimum absolute atomic E-state index is 0.000189. The molecule has 20 heavy (non-hydrogen) atoms. The zero-order valence-corrected chi connectivity index (χ0v) is 11.6. The summed E-state index contributed by atoms with van der Waals surface area (Å²) < 4.78 is 10.1. The fraction of sp³-hybridized carbons (Fsp3) is 0.462. The Hall–Kier alpha value is -2.15. The summed E-state index contributed by atoms with van der Waals surface area (Å²) in [7, 11) is 1.27. The van der Waals surface area contributed by atoms with Gasteiger partial charge in [0.25, 0.3) is 5.91 Å². The lowest BCUT2D eigenvalue weighted by atomic mass is 10.2. The number of carbonyl (C=O) groups excluding carboxylic acids is 1. The molecule has 1 heterocycles. The quantitative estimate of drug-likeness (QED) is 0.764. The van der Waals surface area contributed by atoms with E-state index in [0.29, 0.717) is 11.4 Å². The van der Waals surface area contributed by atoms with Gasteiger partial charge in [0.15, 0.2) is 6.10 Å².